The summed E-state index contributed by atoms with van der Waals surface area (Å²) in [5, 5.41) is 3.70. The number of nitrogens with one attached hydrogen (secondary N) is 1. The smallest absolute Gasteiger partial charge is 0.193 e. The van der Waals surface area contributed by atoms with Crippen molar-refractivity contribution in [3.8, 4) is 0 Å². The van der Waals surface area contributed by atoms with Crippen LogP contribution in [0.5, 0.6) is 0 Å². The normalized spacial score (nSPS) is 25.4. The van der Waals surface area contributed by atoms with Gasteiger partial charge in [0.2, 0.25) is 0 Å². The third kappa shape index (κ3) is 5.11. The van der Waals surface area contributed by atoms with Gasteiger partial charge in [-0.15, -0.1) is 0 Å². The topological polar surface area (TPSA) is 49.3 Å². The Morgan fingerprint density at radius 2 is 1.77 bits per heavy atom. The van der Waals surface area contributed by atoms with Gasteiger partial charge in [0.05, 0.1) is 0 Å². The van der Waals surface area contributed by atoms with Crippen LogP contribution in [0.2, 0.25) is 0 Å². The van der Waals surface area contributed by atoms with Crippen LogP contribution >= 0.6 is 0 Å². The van der Waals surface area contributed by atoms with Gasteiger partial charge in [-0.2, -0.15) is 0 Å². The molecule has 0 aromatic carbocycles. The second kappa shape index (κ2) is 9.90. The van der Waals surface area contributed by atoms with Gasteiger partial charge in [-0.05, 0) is 64.0 Å². The predicted molar refractivity (Wildman–Crippen MR) is 106 cm³/mol. The first-order valence-corrected chi connectivity index (χ1v) is 10.6. The fraction of sp³-hybridized carbons (Fsp3) is 0.950. The van der Waals surface area contributed by atoms with Crippen molar-refractivity contribution in [2.45, 2.75) is 50.5 Å². The molecule has 26 heavy (non-hydrogen) atoms. The maximum Gasteiger partial charge on any atom is 0.193 e. The van der Waals surface area contributed by atoms with Crippen molar-refractivity contribution in [3.63, 3.8) is 0 Å². The molecule has 3 rings (SSSR count). The van der Waals surface area contributed by atoms with E-state index in [9.17, 15) is 0 Å². The van der Waals surface area contributed by atoms with Crippen LogP contribution in [0.4, 0.5) is 0 Å². The Morgan fingerprint density at radius 1 is 1.12 bits per heavy atom. The highest BCUT2D eigenvalue weighted by Crippen LogP contribution is 2.30. The number of aliphatic imine (C=N–C) groups is 1. The molecule has 6 nitrogen and oxygen atoms in total. The van der Waals surface area contributed by atoms with Gasteiger partial charge in [0.15, 0.2) is 5.96 Å². The standard InChI is InChI=1S/C20H38N4O2/c1-21-19(23(2)12-5-18-6-13-25-14-7-18)22-17-20(8-15-26-16-9-20)24-10-3-4-11-24/h18H,3-17H2,1-2H3,(H,21,22). The number of rotatable bonds is 6. The van der Waals surface area contributed by atoms with E-state index in [1.807, 2.05) is 7.05 Å². The Bertz CT molecular complexity index is 439. The maximum absolute atomic E-state index is 5.67. The number of hydrogen-bond acceptors (Lipinski definition) is 4. The van der Waals surface area contributed by atoms with Crippen molar-refractivity contribution in [2.24, 2.45) is 10.9 Å². The fourth-order valence-electron chi connectivity index (χ4n) is 4.69. The van der Waals surface area contributed by atoms with Gasteiger partial charge in [-0.1, -0.05) is 0 Å². The number of likely N-dealkylation sites (tertiary alicyclic amines) is 1. The van der Waals surface area contributed by atoms with Crippen molar-refractivity contribution in [1.82, 2.24) is 15.1 Å². The average molecular weight is 367 g/mol. The van der Waals surface area contributed by atoms with Gasteiger partial charge in [0.1, 0.15) is 0 Å². The van der Waals surface area contributed by atoms with Gasteiger partial charge < -0.3 is 19.7 Å². The van der Waals surface area contributed by atoms with Crippen LogP contribution in [0.1, 0.15) is 44.9 Å². The summed E-state index contributed by atoms with van der Waals surface area (Å²) >= 11 is 0. The van der Waals surface area contributed by atoms with Crippen LogP contribution in [0.15, 0.2) is 4.99 Å². The quantitative estimate of drug-likeness (QED) is 0.575. The molecule has 1 N–H and O–H groups in total. The third-order valence-electron chi connectivity index (χ3n) is 6.56. The highest BCUT2D eigenvalue weighted by Gasteiger charge is 2.39. The van der Waals surface area contributed by atoms with Gasteiger partial charge in [0, 0.05) is 59.2 Å². The molecule has 0 amide bonds. The molecule has 0 aromatic rings. The summed E-state index contributed by atoms with van der Waals surface area (Å²) in [5.41, 5.74) is 0.242. The molecule has 3 saturated heterocycles. The van der Waals surface area contributed by atoms with Crippen molar-refractivity contribution in [1.29, 1.82) is 0 Å². The molecular formula is C20H38N4O2. The zero-order valence-corrected chi connectivity index (χ0v) is 16.8. The van der Waals surface area contributed by atoms with Crippen LogP contribution in [0.25, 0.3) is 0 Å². The molecule has 0 aromatic heterocycles. The summed E-state index contributed by atoms with van der Waals surface area (Å²) in [4.78, 5) is 9.56. The lowest BCUT2D eigenvalue weighted by atomic mass is 9.88. The van der Waals surface area contributed by atoms with E-state index < -0.39 is 0 Å². The lowest BCUT2D eigenvalue weighted by Gasteiger charge is -2.45. The number of guanidine groups is 1. The number of hydrogen-bond donors (Lipinski definition) is 1. The second-order valence-electron chi connectivity index (χ2n) is 8.20. The van der Waals surface area contributed by atoms with E-state index in [1.54, 1.807) is 0 Å². The van der Waals surface area contributed by atoms with Crippen LogP contribution in [0.3, 0.4) is 0 Å². The summed E-state index contributed by atoms with van der Waals surface area (Å²) in [7, 11) is 4.07. The lowest BCUT2D eigenvalue weighted by Crippen LogP contribution is -2.58. The van der Waals surface area contributed by atoms with Crippen LogP contribution < -0.4 is 5.32 Å². The average Bonchev–Trinajstić information content (AvgIpc) is 3.24. The predicted octanol–water partition coefficient (Wildman–Crippen LogP) is 1.96. The molecule has 0 atom stereocenters. The largest absolute Gasteiger partial charge is 0.381 e. The molecular weight excluding hydrogens is 328 g/mol. The molecule has 0 unspecified atom stereocenters. The number of ether oxygens (including phenoxy) is 2. The molecule has 0 spiro atoms. The van der Waals surface area contributed by atoms with E-state index in [0.29, 0.717) is 0 Å². The number of nitrogens with zero attached hydrogens (tertiary/aromatic N) is 3. The molecule has 3 aliphatic rings. The van der Waals surface area contributed by atoms with Crippen LogP contribution in [0, 0.1) is 5.92 Å². The minimum absolute atomic E-state index is 0.242. The van der Waals surface area contributed by atoms with Crippen molar-refractivity contribution in [2.75, 3.05) is 66.7 Å². The fourth-order valence-corrected chi connectivity index (χ4v) is 4.69. The van der Waals surface area contributed by atoms with E-state index in [0.717, 1.165) is 64.2 Å². The Kier molecular flexibility index (Phi) is 7.58. The monoisotopic (exact) mass is 366 g/mol. The van der Waals surface area contributed by atoms with E-state index in [2.05, 4.69) is 27.2 Å². The van der Waals surface area contributed by atoms with Crippen molar-refractivity contribution >= 4 is 5.96 Å². The molecule has 3 heterocycles. The van der Waals surface area contributed by atoms with Crippen LogP contribution in [-0.2, 0) is 9.47 Å². The van der Waals surface area contributed by atoms with Crippen LogP contribution in [-0.4, -0.2) is 88.0 Å². The Hall–Kier alpha value is -0.850. The summed E-state index contributed by atoms with van der Waals surface area (Å²) in [6, 6.07) is 0. The summed E-state index contributed by atoms with van der Waals surface area (Å²) in [6.07, 6.45) is 8.57. The third-order valence-corrected chi connectivity index (χ3v) is 6.56. The highest BCUT2D eigenvalue weighted by molar-refractivity contribution is 5.79. The first kappa shape index (κ1) is 19.9. The lowest BCUT2D eigenvalue weighted by molar-refractivity contribution is -0.0166. The van der Waals surface area contributed by atoms with E-state index in [1.165, 1.54) is 45.2 Å². The summed E-state index contributed by atoms with van der Waals surface area (Å²) in [5.74, 6) is 1.83. The van der Waals surface area contributed by atoms with E-state index in [-0.39, 0.29) is 5.54 Å². The van der Waals surface area contributed by atoms with E-state index in [4.69, 9.17) is 9.47 Å². The SMILES string of the molecule is CN=C(NCC1(N2CCCC2)CCOCC1)N(C)CCC1CCOCC1. The summed E-state index contributed by atoms with van der Waals surface area (Å²) < 4.78 is 11.1. The van der Waals surface area contributed by atoms with Gasteiger partial charge in [0.25, 0.3) is 0 Å². The molecule has 3 fully saturated rings. The van der Waals surface area contributed by atoms with Gasteiger partial charge in [-0.3, -0.25) is 9.89 Å². The van der Waals surface area contributed by atoms with E-state index >= 15 is 0 Å². The molecule has 0 saturated carbocycles. The summed E-state index contributed by atoms with van der Waals surface area (Å²) in [6.45, 7) is 8.14. The zero-order chi connectivity index (χ0) is 18.2. The zero-order valence-electron chi connectivity index (χ0n) is 16.8. The molecule has 3 aliphatic heterocycles. The van der Waals surface area contributed by atoms with Gasteiger partial charge >= 0.3 is 0 Å². The van der Waals surface area contributed by atoms with Gasteiger partial charge in [-0.25, -0.2) is 0 Å². The maximum atomic E-state index is 5.67. The highest BCUT2D eigenvalue weighted by atomic mass is 16.5. The first-order valence-electron chi connectivity index (χ1n) is 10.6. The first-order chi connectivity index (χ1) is 12.7. The molecule has 0 bridgehead atoms. The minimum atomic E-state index is 0.242. The minimum Gasteiger partial charge on any atom is -0.381 e. The van der Waals surface area contributed by atoms with Crippen molar-refractivity contribution < 1.29 is 9.47 Å². The Labute approximate surface area is 159 Å². The molecule has 0 radical (unpaired) electrons. The molecule has 150 valence electrons. The molecule has 0 aliphatic carbocycles. The van der Waals surface area contributed by atoms with Crippen molar-refractivity contribution in [3.05, 3.63) is 0 Å². The molecule has 6 heteroatoms. The Balaban J connectivity index is 1.51. The Morgan fingerprint density at radius 3 is 2.42 bits per heavy atom. The second-order valence-corrected chi connectivity index (χ2v) is 8.20.